The largest absolute Gasteiger partial charge is 0.354 e. The van der Waals surface area contributed by atoms with Crippen LogP contribution in [0.5, 0.6) is 0 Å². The number of thioether (sulfide) groups is 1. The Labute approximate surface area is 161 Å². The van der Waals surface area contributed by atoms with Gasteiger partial charge in [-0.05, 0) is 44.3 Å². The van der Waals surface area contributed by atoms with Crippen molar-refractivity contribution in [2.75, 3.05) is 50.6 Å². The number of nitrogens with zero attached hydrogens (tertiary/aromatic N) is 3. The highest BCUT2D eigenvalue weighted by atomic mass is 127. The third kappa shape index (κ3) is 3.79. The molecule has 1 N–H and O–H groups in total. The van der Waals surface area contributed by atoms with Gasteiger partial charge in [-0.25, -0.2) is 0 Å². The fourth-order valence-corrected chi connectivity index (χ4v) is 4.90. The molecule has 23 heavy (non-hydrogen) atoms. The van der Waals surface area contributed by atoms with Crippen LogP contribution in [0.1, 0.15) is 12.0 Å². The molecule has 2 aliphatic heterocycles. The molecule has 0 amide bonds. The van der Waals surface area contributed by atoms with Crippen LogP contribution in [0.4, 0.5) is 5.69 Å². The van der Waals surface area contributed by atoms with Crippen LogP contribution in [0.2, 0.25) is 0 Å². The van der Waals surface area contributed by atoms with E-state index in [2.05, 4.69) is 70.2 Å². The topological polar surface area (TPSA) is 30.9 Å². The first-order chi connectivity index (χ1) is 10.7. The Morgan fingerprint density at radius 1 is 1.39 bits per heavy atom. The van der Waals surface area contributed by atoms with Crippen molar-refractivity contribution < 1.29 is 0 Å². The van der Waals surface area contributed by atoms with Gasteiger partial charge in [-0.15, -0.1) is 24.0 Å². The van der Waals surface area contributed by atoms with E-state index in [4.69, 9.17) is 0 Å². The number of hydrogen-bond acceptors (Lipinski definition) is 3. The highest BCUT2D eigenvalue weighted by molar-refractivity contribution is 14.0. The summed E-state index contributed by atoms with van der Waals surface area (Å²) in [5, 5.41) is 3.64. The maximum atomic E-state index is 4.53. The van der Waals surface area contributed by atoms with E-state index >= 15 is 0 Å². The summed E-state index contributed by atoms with van der Waals surface area (Å²) in [5.74, 6) is 3.45. The lowest BCUT2D eigenvalue weighted by Crippen LogP contribution is -2.55. The Kier molecular flexibility index (Phi) is 6.62. The van der Waals surface area contributed by atoms with Crippen molar-refractivity contribution in [3.63, 3.8) is 0 Å². The first kappa shape index (κ1) is 18.9. The van der Waals surface area contributed by atoms with Crippen LogP contribution in [0.3, 0.4) is 0 Å². The monoisotopic (exact) mass is 446 g/mol. The third-order valence-electron chi connectivity index (χ3n) is 4.96. The molecule has 0 bridgehead atoms. The summed E-state index contributed by atoms with van der Waals surface area (Å²) in [5.41, 5.74) is 2.97. The normalized spacial score (nSPS) is 23.8. The Morgan fingerprint density at radius 3 is 2.83 bits per heavy atom. The second-order valence-electron chi connectivity index (χ2n) is 6.35. The van der Waals surface area contributed by atoms with Crippen molar-refractivity contribution in [2.45, 2.75) is 18.4 Å². The van der Waals surface area contributed by atoms with Gasteiger partial charge in [0.15, 0.2) is 5.96 Å². The number of likely N-dealkylation sites (N-methyl/N-ethyl adjacent to an activating group) is 1. The number of rotatable bonds is 3. The van der Waals surface area contributed by atoms with Gasteiger partial charge < -0.3 is 15.1 Å². The van der Waals surface area contributed by atoms with Crippen molar-refractivity contribution in [3.8, 4) is 0 Å². The number of halogens is 1. The van der Waals surface area contributed by atoms with Gasteiger partial charge in [-0.2, -0.15) is 11.8 Å². The van der Waals surface area contributed by atoms with Crippen LogP contribution in [0.25, 0.3) is 0 Å². The lowest BCUT2D eigenvalue weighted by Gasteiger charge is -2.37. The van der Waals surface area contributed by atoms with Crippen LogP contribution in [-0.4, -0.2) is 62.1 Å². The fourth-order valence-electron chi connectivity index (χ4n) is 3.34. The summed E-state index contributed by atoms with van der Waals surface area (Å²) in [4.78, 5) is 9.23. The minimum absolute atomic E-state index is 0. The summed E-state index contributed by atoms with van der Waals surface area (Å²) >= 11 is 2.05. The maximum Gasteiger partial charge on any atom is 0.198 e. The van der Waals surface area contributed by atoms with Gasteiger partial charge in [0.25, 0.3) is 0 Å². The van der Waals surface area contributed by atoms with E-state index in [0.29, 0.717) is 0 Å². The molecule has 1 saturated heterocycles. The minimum atomic E-state index is 0. The van der Waals surface area contributed by atoms with Crippen molar-refractivity contribution in [1.82, 2.24) is 10.2 Å². The summed E-state index contributed by atoms with van der Waals surface area (Å²) in [6.07, 6.45) is 2.34. The van der Waals surface area contributed by atoms with Crippen LogP contribution in [-0.2, 0) is 6.42 Å². The zero-order valence-corrected chi connectivity index (χ0v) is 17.4. The zero-order chi connectivity index (χ0) is 15.6. The van der Waals surface area contributed by atoms with E-state index in [0.717, 1.165) is 25.5 Å². The van der Waals surface area contributed by atoms with Crippen LogP contribution in [0.15, 0.2) is 29.3 Å². The molecule has 0 aliphatic carbocycles. The highest BCUT2D eigenvalue weighted by Crippen LogP contribution is 2.32. The van der Waals surface area contributed by atoms with Crippen molar-refractivity contribution in [3.05, 3.63) is 29.8 Å². The first-order valence-corrected chi connectivity index (χ1v) is 9.13. The van der Waals surface area contributed by atoms with Crippen LogP contribution >= 0.6 is 35.7 Å². The molecule has 1 unspecified atom stereocenters. The number of fused-ring (bicyclic) bond motifs is 1. The minimum Gasteiger partial charge on any atom is -0.354 e. The van der Waals surface area contributed by atoms with Crippen molar-refractivity contribution >= 4 is 47.4 Å². The molecule has 2 heterocycles. The number of aliphatic imine (C=N–C) groups is 1. The standard InChI is InChI=1S/C17H26N4S.HI/c1-18-16(19-12-17(20(2)3)9-11-22-13-17)21-10-8-14-6-4-5-7-15(14)21;/h4-7H,8-13H2,1-3H3,(H,18,19);1H. The second-order valence-corrected chi connectivity index (χ2v) is 7.46. The first-order valence-electron chi connectivity index (χ1n) is 7.97. The molecule has 128 valence electrons. The van der Waals surface area contributed by atoms with Gasteiger partial charge in [-0.3, -0.25) is 4.99 Å². The lowest BCUT2D eigenvalue weighted by molar-refractivity contribution is 0.183. The molecule has 6 heteroatoms. The zero-order valence-electron chi connectivity index (χ0n) is 14.2. The number of nitrogens with one attached hydrogen (secondary N) is 1. The Hall–Kier alpha value is -0.470. The molecule has 0 spiro atoms. The predicted molar refractivity (Wildman–Crippen MR) is 113 cm³/mol. The molecule has 0 aromatic heterocycles. The molecule has 0 radical (unpaired) electrons. The lowest BCUT2D eigenvalue weighted by atomic mass is 9.97. The molecule has 2 aliphatic rings. The smallest absolute Gasteiger partial charge is 0.198 e. The summed E-state index contributed by atoms with van der Waals surface area (Å²) in [6.45, 7) is 1.97. The molecule has 1 atom stereocenters. The average Bonchev–Trinajstić information content (AvgIpc) is 3.16. The molecule has 1 aromatic carbocycles. The van der Waals surface area contributed by atoms with Gasteiger partial charge in [0.1, 0.15) is 0 Å². The summed E-state index contributed by atoms with van der Waals surface area (Å²) in [7, 11) is 6.28. The molecule has 1 fully saturated rings. The van der Waals surface area contributed by atoms with Crippen molar-refractivity contribution in [2.24, 2.45) is 4.99 Å². The second kappa shape index (κ2) is 8.07. The highest BCUT2D eigenvalue weighted by Gasteiger charge is 2.37. The van der Waals surface area contributed by atoms with E-state index < -0.39 is 0 Å². The van der Waals surface area contributed by atoms with E-state index in [-0.39, 0.29) is 29.5 Å². The average molecular weight is 446 g/mol. The quantitative estimate of drug-likeness (QED) is 0.440. The number of hydrogen-bond donors (Lipinski definition) is 1. The van der Waals surface area contributed by atoms with Crippen LogP contribution < -0.4 is 10.2 Å². The Bertz CT molecular complexity index is 555. The van der Waals surface area contributed by atoms with Gasteiger partial charge in [0.2, 0.25) is 0 Å². The number of anilines is 1. The SMILES string of the molecule is CN=C(NCC1(N(C)C)CCSC1)N1CCc2ccccc21.I. The molecule has 4 nitrogen and oxygen atoms in total. The maximum absolute atomic E-state index is 4.53. The van der Waals surface area contributed by atoms with E-state index in [9.17, 15) is 0 Å². The molecule has 0 saturated carbocycles. The Balaban J connectivity index is 0.00000192. The molecular formula is C17H27IN4S. The summed E-state index contributed by atoms with van der Waals surface area (Å²) < 4.78 is 0. The van der Waals surface area contributed by atoms with E-state index in [1.165, 1.54) is 29.2 Å². The van der Waals surface area contributed by atoms with E-state index in [1.54, 1.807) is 0 Å². The molecule has 1 aromatic rings. The van der Waals surface area contributed by atoms with Gasteiger partial charge in [-0.1, -0.05) is 18.2 Å². The third-order valence-corrected chi connectivity index (χ3v) is 6.20. The number of para-hydroxylation sites is 1. The summed E-state index contributed by atoms with van der Waals surface area (Å²) in [6, 6.07) is 8.65. The van der Waals surface area contributed by atoms with Crippen LogP contribution in [0, 0.1) is 0 Å². The molecular weight excluding hydrogens is 419 g/mol. The predicted octanol–water partition coefficient (Wildman–Crippen LogP) is 2.68. The van der Waals surface area contributed by atoms with Gasteiger partial charge in [0, 0.05) is 37.1 Å². The Morgan fingerprint density at radius 2 is 2.17 bits per heavy atom. The van der Waals surface area contributed by atoms with Crippen molar-refractivity contribution in [1.29, 1.82) is 0 Å². The van der Waals surface area contributed by atoms with Gasteiger partial charge >= 0.3 is 0 Å². The van der Waals surface area contributed by atoms with Gasteiger partial charge in [0.05, 0.1) is 0 Å². The number of guanidine groups is 1. The fraction of sp³-hybridized carbons (Fsp3) is 0.588. The van der Waals surface area contributed by atoms with E-state index in [1.807, 2.05) is 7.05 Å². The number of benzene rings is 1. The molecule has 3 rings (SSSR count).